The van der Waals surface area contributed by atoms with Crippen LogP contribution in [0.4, 0.5) is 0 Å². The summed E-state index contributed by atoms with van der Waals surface area (Å²) in [5, 5.41) is 0.531. The van der Waals surface area contributed by atoms with E-state index in [0.717, 1.165) is 36.3 Å². The maximum atomic E-state index is 12.7. The van der Waals surface area contributed by atoms with Crippen LogP contribution in [0.25, 0.3) is 10.9 Å². The van der Waals surface area contributed by atoms with Gasteiger partial charge in [0, 0.05) is 17.6 Å². The predicted molar refractivity (Wildman–Crippen MR) is 103 cm³/mol. The molecule has 1 atom stereocenters. The fourth-order valence-corrected chi connectivity index (χ4v) is 3.96. The normalized spacial score (nSPS) is 18.3. The van der Waals surface area contributed by atoms with Crippen molar-refractivity contribution >= 4 is 32.7 Å². The lowest BCUT2D eigenvalue weighted by Gasteiger charge is -2.21. The largest absolute Gasteiger partial charge is 0.341 e. The van der Waals surface area contributed by atoms with Gasteiger partial charge in [-0.05, 0) is 43.4 Å². The minimum atomic E-state index is -0.168. The highest BCUT2D eigenvalue weighted by Crippen LogP contribution is 2.22. The topological polar surface area (TPSA) is 55.2 Å². The molecule has 25 heavy (non-hydrogen) atoms. The molecular weight excluding hydrogens is 382 g/mol. The predicted octanol–water partition coefficient (Wildman–Crippen LogP) is 3.59. The molecule has 0 N–H and O–H groups in total. The third-order valence-corrected chi connectivity index (χ3v) is 5.48. The first kappa shape index (κ1) is 18.1. The average Bonchev–Trinajstić information content (AvgIpc) is 2.84. The van der Waals surface area contributed by atoms with Crippen LogP contribution in [-0.2, 0) is 11.3 Å². The summed E-state index contributed by atoms with van der Waals surface area (Å²) in [6, 6.07) is 5.41. The third-order valence-electron chi connectivity index (χ3n) is 4.99. The molecule has 1 aromatic heterocycles. The molecule has 1 aliphatic rings. The standard InChI is InChI=1S/C19H24BrN3O2/c1-2-4-14-5-3-9-22(10-8-14)18(24)12-23-13-21-17-7-6-15(20)11-16(17)19(23)25/h6-7,11,13-14H,2-5,8-10,12H2,1H3. The Morgan fingerprint density at radius 1 is 1.32 bits per heavy atom. The molecule has 6 heteroatoms. The van der Waals surface area contributed by atoms with Crippen LogP contribution in [0.1, 0.15) is 39.0 Å². The highest BCUT2D eigenvalue weighted by molar-refractivity contribution is 9.10. The molecule has 1 amide bonds. The van der Waals surface area contributed by atoms with Crippen LogP contribution in [0, 0.1) is 5.92 Å². The Balaban J connectivity index is 1.73. The average molecular weight is 406 g/mol. The summed E-state index contributed by atoms with van der Waals surface area (Å²) in [4.78, 5) is 31.5. The number of halogens is 1. The Bertz CT molecular complexity index is 818. The first-order valence-electron chi connectivity index (χ1n) is 9.01. The van der Waals surface area contributed by atoms with Crippen LogP contribution in [0.15, 0.2) is 33.8 Å². The summed E-state index contributed by atoms with van der Waals surface area (Å²) in [6.45, 7) is 3.86. The molecule has 1 aliphatic heterocycles. The van der Waals surface area contributed by atoms with E-state index in [2.05, 4.69) is 27.8 Å². The Morgan fingerprint density at radius 3 is 2.96 bits per heavy atom. The second kappa shape index (κ2) is 8.13. The van der Waals surface area contributed by atoms with Crippen molar-refractivity contribution in [3.63, 3.8) is 0 Å². The van der Waals surface area contributed by atoms with Gasteiger partial charge in [0.15, 0.2) is 0 Å². The molecule has 0 spiro atoms. The summed E-state index contributed by atoms with van der Waals surface area (Å²) in [5.41, 5.74) is 0.479. The molecule has 0 aliphatic carbocycles. The highest BCUT2D eigenvalue weighted by atomic mass is 79.9. The SMILES string of the molecule is CCCC1CCCN(C(=O)Cn2cnc3ccc(Br)cc3c2=O)CC1. The van der Waals surface area contributed by atoms with Crippen molar-refractivity contribution in [2.75, 3.05) is 13.1 Å². The number of fused-ring (bicyclic) bond motifs is 1. The number of likely N-dealkylation sites (tertiary alicyclic amines) is 1. The fraction of sp³-hybridized carbons (Fsp3) is 0.526. The smallest absolute Gasteiger partial charge is 0.261 e. The zero-order valence-electron chi connectivity index (χ0n) is 14.6. The number of hydrogen-bond donors (Lipinski definition) is 0. The van der Waals surface area contributed by atoms with E-state index >= 15 is 0 Å². The van der Waals surface area contributed by atoms with E-state index in [9.17, 15) is 9.59 Å². The summed E-state index contributed by atoms with van der Waals surface area (Å²) in [5.74, 6) is 0.737. The number of carbonyl (C=O) groups is 1. The minimum Gasteiger partial charge on any atom is -0.341 e. The van der Waals surface area contributed by atoms with Crippen molar-refractivity contribution in [1.29, 1.82) is 0 Å². The van der Waals surface area contributed by atoms with Gasteiger partial charge >= 0.3 is 0 Å². The maximum absolute atomic E-state index is 12.7. The number of hydrogen-bond acceptors (Lipinski definition) is 3. The second-order valence-corrected chi connectivity index (χ2v) is 7.72. The number of aromatic nitrogens is 2. The van der Waals surface area contributed by atoms with Gasteiger partial charge in [-0.1, -0.05) is 35.7 Å². The molecule has 0 bridgehead atoms. The molecular formula is C19H24BrN3O2. The van der Waals surface area contributed by atoms with Crippen molar-refractivity contribution in [2.24, 2.45) is 5.92 Å². The highest BCUT2D eigenvalue weighted by Gasteiger charge is 2.21. The monoisotopic (exact) mass is 405 g/mol. The molecule has 1 aromatic carbocycles. The van der Waals surface area contributed by atoms with E-state index in [0.29, 0.717) is 10.9 Å². The molecule has 2 aromatic rings. The van der Waals surface area contributed by atoms with Gasteiger partial charge in [0.1, 0.15) is 6.54 Å². The van der Waals surface area contributed by atoms with Gasteiger partial charge < -0.3 is 4.90 Å². The zero-order valence-corrected chi connectivity index (χ0v) is 16.2. The van der Waals surface area contributed by atoms with Crippen molar-refractivity contribution in [1.82, 2.24) is 14.5 Å². The number of benzene rings is 1. The van der Waals surface area contributed by atoms with E-state index in [1.165, 1.54) is 30.2 Å². The third kappa shape index (κ3) is 4.29. The Labute approximate surface area is 156 Å². The molecule has 0 radical (unpaired) electrons. The van der Waals surface area contributed by atoms with Crippen LogP contribution >= 0.6 is 15.9 Å². The lowest BCUT2D eigenvalue weighted by Crippen LogP contribution is -2.37. The first-order chi connectivity index (χ1) is 12.1. The van der Waals surface area contributed by atoms with Gasteiger partial charge in [-0.3, -0.25) is 14.2 Å². The Hall–Kier alpha value is -1.69. The van der Waals surface area contributed by atoms with Gasteiger partial charge in [0.05, 0.1) is 17.2 Å². The van der Waals surface area contributed by atoms with Gasteiger partial charge in [-0.25, -0.2) is 4.98 Å². The number of rotatable bonds is 4. The molecule has 3 rings (SSSR count). The molecule has 1 saturated heterocycles. The summed E-state index contributed by atoms with van der Waals surface area (Å²) in [7, 11) is 0. The summed E-state index contributed by atoms with van der Waals surface area (Å²) >= 11 is 3.38. The fourth-order valence-electron chi connectivity index (χ4n) is 3.60. The lowest BCUT2D eigenvalue weighted by atomic mass is 9.96. The molecule has 0 saturated carbocycles. The molecule has 134 valence electrons. The Kier molecular flexibility index (Phi) is 5.89. The van der Waals surface area contributed by atoms with E-state index < -0.39 is 0 Å². The van der Waals surface area contributed by atoms with E-state index in [1.54, 1.807) is 12.1 Å². The van der Waals surface area contributed by atoms with Crippen LogP contribution in [0.3, 0.4) is 0 Å². The summed E-state index contributed by atoms with van der Waals surface area (Å²) < 4.78 is 2.25. The van der Waals surface area contributed by atoms with Crippen LogP contribution in [0.2, 0.25) is 0 Å². The van der Waals surface area contributed by atoms with E-state index in [1.807, 2.05) is 11.0 Å². The van der Waals surface area contributed by atoms with Gasteiger partial charge in [-0.15, -0.1) is 0 Å². The minimum absolute atomic E-state index is 0.00963. The summed E-state index contributed by atoms with van der Waals surface area (Å²) in [6.07, 6.45) is 7.24. The van der Waals surface area contributed by atoms with Crippen LogP contribution < -0.4 is 5.56 Å². The molecule has 5 nitrogen and oxygen atoms in total. The zero-order chi connectivity index (χ0) is 17.8. The van der Waals surface area contributed by atoms with E-state index in [4.69, 9.17) is 0 Å². The van der Waals surface area contributed by atoms with E-state index in [-0.39, 0.29) is 18.0 Å². The van der Waals surface area contributed by atoms with Crippen molar-refractivity contribution < 1.29 is 4.79 Å². The number of carbonyl (C=O) groups excluding carboxylic acids is 1. The maximum Gasteiger partial charge on any atom is 0.261 e. The van der Waals surface area contributed by atoms with Crippen molar-refractivity contribution in [3.05, 3.63) is 39.4 Å². The quantitative estimate of drug-likeness (QED) is 0.780. The molecule has 1 unspecified atom stereocenters. The van der Waals surface area contributed by atoms with Crippen LogP contribution in [0.5, 0.6) is 0 Å². The second-order valence-electron chi connectivity index (χ2n) is 6.81. The Morgan fingerprint density at radius 2 is 2.16 bits per heavy atom. The van der Waals surface area contributed by atoms with Gasteiger partial charge in [0.2, 0.25) is 5.91 Å². The first-order valence-corrected chi connectivity index (χ1v) is 9.80. The molecule has 2 heterocycles. The van der Waals surface area contributed by atoms with Gasteiger partial charge in [-0.2, -0.15) is 0 Å². The lowest BCUT2D eigenvalue weighted by molar-refractivity contribution is -0.131. The van der Waals surface area contributed by atoms with Crippen molar-refractivity contribution in [3.8, 4) is 0 Å². The van der Waals surface area contributed by atoms with Gasteiger partial charge in [0.25, 0.3) is 5.56 Å². The van der Waals surface area contributed by atoms with Crippen molar-refractivity contribution in [2.45, 2.75) is 45.6 Å². The number of amides is 1. The number of nitrogens with zero attached hydrogens (tertiary/aromatic N) is 3. The van der Waals surface area contributed by atoms with Crippen LogP contribution in [-0.4, -0.2) is 33.4 Å². The molecule has 1 fully saturated rings.